The number of imide groups is 1. The normalized spacial score (nSPS) is 33.1. The lowest BCUT2D eigenvalue weighted by molar-refractivity contribution is -0.204. The monoisotopic (exact) mass is 1060 g/mol. The Labute approximate surface area is 448 Å². The van der Waals surface area contributed by atoms with Gasteiger partial charge in [0.2, 0.25) is 5.91 Å². The number of rotatable bonds is 11. The number of benzene rings is 3. The molecule has 7 N–H and O–H groups in total. The van der Waals surface area contributed by atoms with Crippen molar-refractivity contribution in [2.45, 2.75) is 118 Å². The van der Waals surface area contributed by atoms with E-state index >= 15 is 9.59 Å². The molecule has 0 radical (unpaired) electrons. The molecular weight excluding hydrogens is 985 g/mol. The van der Waals surface area contributed by atoms with Crippen molar-refractivity contribution in [2.24, 2.45) is 11.3 Å². The van der Waals surface area contributed by atoms with E-state index in [0.717, 1.165) is 27.6 Å². The van der Waals surface area contributed by atoms with E-state index in [9.17, 15) is 29.7 Å². The zero-order valence-electron chi connectivity index (χ0n) is 44.6. The highest BCUT2D eigenvalue weighted by molar-refractivity contribution is 5.96. The molecule has 7 aliphatic rings. The summed E-state index contributed by atoms with van der Waals surface area (Å²) in [5, 5.41) is 42.0. The van der Waals surface area contributed by atoms with Crippen molar-refractivity contribution in [3.8, 4) is 5.75 Å². The number of fused-ring (bicyclic) bond motifs is 6. The van der Waals surface area contributed by atoms with Gasteiger partial charge in [-0.2, -0.15) is 0 Å². The predicted molar refractivity (Wildman–Crippen MR) is 285 cm³/mol. The summed E-state index contributed by atoms with van der Waals surface area (Å²) in [6, 6.07) is 18.6. The topological polar surface area (TPSA) is 239 Å². The number of aromatic amines is 1. The number of para-hydroxylation sites is 1. The van der Waals surface area contributed by atoms with E-state index in [-0.39, 0.29) is 25.5 Å². The average molecular weight is 1060 g/mol. The number of hydrazine groups is 1. The number of amides is 4. The summed E-state index contributed by atoms with van der Waals surface area (Å²) >= 11 is 0. The van der Waals surface area contributed by atoms with Crippen LogP contribution < -0.4 is 25.8 Å². The fourth-order valence-electron chi connectivity index (χ4n) is 15.7. The standard InChI is InChI=1S/C58H72N8O11/c1-6-54(73)29-36-30-57(52(71)76-5,46-38(20-25-64(31-36)34-54)37-17-11-12-18-41(37)59-46)40-27-39-43(28-44(40)75-4)63(3)49-56(39)22-26-65-24-14-21-55(7-2,48(56)65)50(69)58(49,74)51(70)62-61-47(68)42-19-13-23-66(42)32-45(67)60-53(72)77-33-35-15-9-8-10-16-35/h8-12,14-18,21,27-28,36,42,48-50,59,69,73-74H,6-7,13,19-20,22-26,29-34H2,1-5H3,(H,61,68)(H,62,70)(H,60,67,72)/t36-,42-,48-,49?,50+,54-,55+,56+,57-,58-/m0/s1. The van der Waals surface area contributed by atoms with Crippen LogP contribution in [0, 0.1) is 11.3 Å². The number of carbonyl (C=O) groups excluding carboxylic acids is 5. The second kappa shape index (κ2) is 19.8. The third-order valence-electron chi connectivity index (χ3n) is 19.0. The first-order chi connectivity index (χ1) is 37.0. The zero-order chi connectivity index (χ0) is 54.2. The molecule has 4 aromatic rings. The van der Waals surface area contributed by atoms with Gasteiger partial charge in [-0.3, -0.25) is 50.0 Å². The quantitative estimate of drug-likeness (QED) is 0.0649. The van der Waals surface area contributed by atoms with Gasteiger partial charge in [0.25, 0.3) is 11.8 Å². The molecule has 7 heterocycles. The number of aliphatic hydroxyl groups excluding tert-OH is 1. The van der Waals surface area contributed by atoms with Crippen molar-refractivity contribution in [3.05, 3.63) is 107 Å². The number of hydrogen-bond acceptors (Lipinski definition) is 15. The van der Waals surface area contributed by atoms with Crippen molar-refractivity contribution in [1.82, 2.24) is 35.9 Å². The highest BCUT2D eigenvalue weighted by atomic mass is 16.5. The number of aliphatic hydroxyl groups is 3. The number of methoxy groups -OCH3 is 2. The summed E-state index contributed by atoms with van der Waals surface area (Å²) in [5.41, 5.74) is 3.06. The molecule has 19 heteroatoms. The first-order valence-corrected chi connectivity index (χ1v) is 27.3. The largest absolute Gasteiger partial charge is 0.496 e. The van der Waals surface area contributed by atoms with Crippen molar-refractivity contribution >= 4 is 46.4 Å². The Bertz CT molecular complexity index is 3020. The maximum absolute atomic E-state index is 15.5. The minimum absolute atomic E-state index is 0.0308. The number of anilines is 1. The van der Waals surface area contributed by atoms with Crippen molar-refractivity contribution < 1.29 is 53.5 Å². The molecule has 6 aliphatic heterocycles. The number of aromatic nitrogens is 1. The first-order valence-electron chi connectivity index (χ1n) is 27.3. The van der Waals surface area contributed by atoms with Gasteiger partial charge in [-0.15, -0.1) is 0 Å². The average Bonchev–Trinajstić information content (AvgIpc) is 4.39. The maximum Gasteiger partial charge on any atom is 0.414 e. The summed E-state index contributed by atoms with van der Waals surface area (Å²) in [7, 11) is 4.77. The number of piperidine rings is 1. The smallest absolute Gasteiger partial charge is 0.414 e. The molecule has 77 heavy (non-hydrogen) atoms. The van der Waals surface area contributed by atoms with Gasteiger partial charge in [-0.25, -0.2) is 4.79 Å². The second-order valence-electron chi connectivity index (χ2n) is 22.8. The molecule has 4 amide bonds. The van der Waals surface area contributed by atoms with E-state index in [1.54, 1.807) is 31.2 Å². The lowest BCUT2D eigenvalue weighted by Crippen LogP contribution is -2.82. The Morgan fingerprint density at radius 3 is 2.43 bits per heavy atom. The number of H-pyrrole nitrogens is 1. The van der Waals surface area contributed by atoms with E-state index in [0.29, 0.717) is 107 Å². The van der Waals surface area contributed by atoms with Gasteiger partial charge in [-0.05, 0) is 99.2 Å². The lowest BCUT2D eigenvalue weighted by Gasteiger charge is -2.63. The number of nitrogens with zero attached hydrogens (tertiary/aromatic N) is 4. The van der Waals surface area contributed by atoms with Gasteiger partial charge in [0, 0.05) is 84.0 Å². The number of carbonyl (C=O) groups is 5. The molecule has 3 aromatic carbocycles. The Hall–Kier alpha value is -6.35. The SMILES string of the molecule is CC[C@]1(O)C[C@@H]2CN(CCc3c([nH]c4ccccc34)[C@@](C(=O)OC)(c3cc4c(cc3OC)N(C)C3[C@]45CCN4CC=C[C@@](CC)([C@@H](O)[C@]3(O)C(=O)NNC(=O)[C@@H]3CCCN3CC(=O)NC(=O)OCc3ccccc3)[C@H]45)C2)C1. The lowest BCUT2D eigenvalue weighted by atomic mass is 9.47. The summed E-state index contributed by atoms with van der Waals surface area (Å²) in [6.45, 7) is 6.97. The van der Waals surface area contributed by atoms with Crippen LogP contribution in [-0.2, 0) is 52.5 Å². The molecule has 410 valence electrons. The molecule has 19 nitrogen and oxygen atoms in total. The summed E-state index contributed by atoms with van der Waals surface area (Å²) < 4.78 is 17.6. The Kier molecular flexibility index (Phi) is 13.6. The zero-order valence-corrected chi connectivity index (χ0v) is 44.6. The minimum atomic E-state index is -2.58. The van der Waals surface area contributed by atoms with E-state index in [1.165, 1.54) is 7.11 Å². The summed E-state index contributed by atoms with van der Waals surface area (Å²) in [6.07, 6.45) is 4.92. The molecule has 11 rings (SSSR count). The van der Waals surface area contributed by atoms with E-state index in [4.69, 9.17) is 14.2 Å². The number of esters is 1. The maximum atomic E-state index is 15.5. The highest BCUT2D eigenvalue weighted by Crippen LogP contribution is 2.67. The minimum Gasteiger partial charge on any atom is -0.496 e. The Balaban J connectivity index is 0.968. The fraction of sp³-hybridized carbons (Fsp3) is 0.534. The number of likely N-dealkylation sites (tertiary alicyclic amines) is 1. The third-order valence-corrected chi connectivity index (χ3v) is 19.0. The highest BCUT2D eigenvalue weighted by Gasteiger charge is 2.79. The van der Waals surface area contributed by atoms with Gasteiger partial charge in [-0.1, -0.05) is 74.5 Å². The summed E-state index contributed by atoms with van der Waals surface area (Å²) in [4.78, 5) is 82.4. The molecule has 3 saturated heterocycles. The van der Waals surface area contributed by atoms with Crippen LogP contribution in [0.5, 0.6) is 5.75 Å². The molecule has 11 atom stereocenters. The van der Waals surface area contributed by atoms with Gasteiger partial charge in [0.05, 0.1) is 38.4 Å². The van der Waals surface area contributed by atoms with Crippen LogP contribution in [-0.4, -0.2) is 167 Å². The van der Waals surface area contributed by atoms with Crippen molar-refractivity contribution in [3.63, 3.8) is 0 Å². The molecular formula is C58H72N8O11. The van der Waals surface area contributed by atoms with Gasteiger partial charge in [0.1, 0.15) is 23.9 Å². The van der Waals surface area contributed by atoms with Crippen LogP contribution in [0.3, 0.4) is 0 Å². The van der Waals surface area contributed by atoms with Crippen LogP contribution in [0.15, 0.2) is 78.9 Å². The van der Waals surface area contributed by atoms with Crippen LogP contribution in [0.2, 0.25) is 0 Å². The number of ether oxygens (including phenoxy) is 3. The third kappa shape index (κ3) is 8.16. The molecule has 4 fully saturated rings. The van der Waals surface area contributed by atoms with E-state index in [2.05, 4.69) is 43.1 Å². The van der Waals surface area contributed by atoms with Crippen LogP contribution in [0.1, 0.15) is 86.7 Å². The van der Waals surface area contributed by atoms with Gasteiger partial charge >= 0.3 is 12.1 Å². The first kappa shape index (κ1) is 52.7. The molecule has 2 unspecified atom stereocenters. The van der Waals surface area contributed by atoms with Crippen molar-refractivity contribution in [2.75, 3.05) is 72.0 Å². The Morgan fingerprint density at radius 2 is 1.68 bits per heavy atom. The van der Waals surface area contributed by atoms with Crippen LogP contribution in [0.25, 0.3) is 10.9 Å². The van der Waals surface area contributed by atoms with Gasteiger partial charge in [0.15, 0.2) is 5.60 Å². The fourth-order valence-corrected chi connectivity index (χ4v) is 15.7. The summed E-state index contributed by atoms with van der Waals surface area (Å²) in [5.74, 6) is -2.59. The molecule has 1 aliphatic carbocycles. The van der Waals surface area contributed by atoms with Crippen LogP contribution >= 0.6 is 0 Å². The number of hydrogen-bond donors (Lipinski definition) is 7. The molecule has 2 bridgehead atoms. The second-order valence-corrected chi connectivity index (χ2v) is 22.8. The number of alkyl carbamates (subject to hydrolysis) is 1. The number of likely N-dealkylation sites (N-methyl/N-ethyl adjacent to an activating group) is 1. The molecule has 1 aromatic heterocycles. The Morgan fingerprint density at radius 1 is 0.896 bits per heavy atom. The van der Waals surface area contributed by atoms with E-state index in [1.807, 2.05) is 73.4 Å². The van der Waals surface area contributed by atoms with E-state index < -0.39 is 81.5 Å². The molecule has 1 spiro atoms. The predicted octanol–water partition coefficient (Wildman–Crippen LogP) is 3.31. The number of nitrogens with one attached hydrogen (secondary N) is 4. The van der Waals surface area contributed by atoms with Crippen LogP contribution in [0.4, 0.5) is 10.5 Å². The van der Waals surface area contributed by atoms with Gasteiger partial charge < -0.3 is 39.4 Å². The molecule has 1 saturated carbocycles. The van der Waals surface area contributed by atoms with Crippen molar-refractivity contribution in [1.29, 1.82) is 0 Å².